The third-order valence-corrected chi connectivity index (χ3v) is 5.14. The summed E-state index contributed by atoms with van der Waals surface area (Å²) in [5.41, 5.74) is 6.10. The fourth-order valence-corrected chi connectivity index (χ4v) is 3.57. The number of nitrogens with zero attached hydrogens (tertiary/aromatic N) is 3. The van der Waals surface area contributed by atoms with Gasteiger partial charge in [-0.05, 0) is 39.5 Å². The van der Waals surface area contributed by atoms with Crippen molar-refractivity contribution in [3.05, 3.63) is 0 Å². The highest BCUT2D eigenvalue weighted by molar-refractivity contribution is 7.91. The van der Waals surface area contributed by atoms with E-state index in [1.54, 1.807) is 4.68 Å². The molecule has 0 spiro atoms. The SMILES string of the molecule is CCN(CC)c1nn(C(C)C2CC2)c(N)c1S(C)(=O)=O. The van der Waals surface area contributed by atoms with Crippen molar-refractivity contribution in [2.45, 2.75) is 44.6 Å². The van der Waals surface area contributed by atoms with Crippen LogP contribution in [0.4, 0.5) is 11.6 Å². The minimum atomic E-state index is -3.40. The van der Waals surface area contributed by atoms with E-state index in [-0.39, 0.29) is 16.8 Å². The Bertz CT molecular complexity index is 586. The van der Waals surface area contributed by atoms with E-state index in [1.165, 1.54) is 6.26 Å². The lowest BCUT2D eigenvalue weighted by molar-refractivity contribution is 0.445. The minimum Gasteiger partial charge on any atom is -0.383 e. The molecule has 0 saturated heterocycles. The maximum Gasteiger partial charge on any atom is 0.182 e. The number of aromatic nitrogens is 2. The van der Waals surface area contributed by atoms with Crippen LogP contribution >= 0.6 is 0 Å². The summed E-state index contributed by atoms with van der Waals surface area (Å²) in [6, 6.07) is 0.153. The van der Waals surface area contributed by atoms with E-state index in [9.17, 15) is 8.42 Å². The molecule has 2 rings (SSSR count). The highest BCUT2D eigenvalue weighted by Crippen LogP contribution is 2.42. The maximum atomic E-state index is 12.1. The van der Waals surface area contributed by atoms with Crippen molar-refractivity contribution in [1.82, 2.24) is 9.78 Å². The molecule has 1 aromatic rings. The van der Waals surface area contributed by atoms with Gasteiger partial charge < -0.3 is 10.6 Å². The zero-order chi connectivity index (χ0) is 15.1. The van der Waals surface area contributed by atoms with Crippen LogP contribution in [0, 0.1) is 5.92 Å². The average Bonchev–Trinajstić information content (AvgIpc) is 3.13. The van der Waals surface area contributed by atoms with Crippen LogP contribution in [0.2, 0.25) is 0 Å². The molecule has 0 aromatic carbocycles. The predicted octanol–water partition coefficient (Wildman–Crippen LogP) is 1.69. The molecule has 1 saturated carbocycles. The van der Waals surface area contributed by atoms with Crippen LogP contribution < -0.4 is 10.6 Å². The Labute approximate surface area is 120 Å². The summed E-state index contributed by atoms with van der Waals surface area (Å²) < 4.78 is 25.8. The molecule has 1 atom stereocenters. The van der Waals surface area contributed by atoms with Crippen molar-refractivity contribution in [3.63, 3.8) is 0 Å². The van der Waals surface area contributed by atoms with E-state index in [4.69, 9.17) is 5.73 Å². The molecule has 7 heteroatoms. The summed E-state index contributed by atoms with van der Waals surface area (Å²) in [6.45, 7) is 7.42. The topological polar surface area (TPSA) is 81.2 Å². The first-order chi connectivity index (χ1) is 9.31. The van der Waals surface area contributed by atoms with E-state index < -0.39 is 9.84 Å². The summed E-state index contributed by atoms with van der Waals surface area (Å²) in [4.78, 5) is 2.11. The van der Waals surface area contributed by atoms with Gasteiger partial charge in [-0.15, -0.1) is 0 Å². The standard InChI is InChI=1S/C13H24N4O2S/c1-5-16(6-2)13-11(20(4,18)19)12(14)17(15-13)9(3)10-7-8-10/h9-10H,5-8,14H2,1-4H3. The van der Waals surface area contributed by atoms with Crippen molar-refractivity contribution >= 4 is 21.5 Å². The Morgan fingerprint density at radius 2 is 1.95 bits per heavy atom. The maximum absolute atomic E-state index is 12.1. The Balaban J connectivity index is 2.57. The molecule has 0 bridgehead atoms. The second kappa shape index (κ2) is 5.27. The molecule has 0 aliphatic heterocycles. The summed E-state index contributed by atoms with van der Waals surface area (Å²) in [7, 11) is -3.40. The van der Waals surface area contributed by atoms with Crippen LogP contribution in [0.5, 0.6) is 0 Å². The van der Waals surface area contributed by atoms with Crippen LogP contribution in [0.1, 0.15) is 39.7 Å². The van der Waals surface area contributed by atoms with E-state index in [0.717, 1.165) is 12.8 Å². The van der Waals surface area contributed by atoms with Crippen molar-refractivity contribution in [3.8, 4) is 0 Å². The van der Waals surface area contributed by atoms with Gasteiger partial charge in [0.2, 0.25) is 0 Å². The Morgan fingerprint density at radius 3 is 2.35 bits per heavy atom. The average molecular weight is 300 g/mol. The molecular weight excluding hydrogens is 276 g/mol. The van der Waals surface area contributed by atoms with Gasteiger partial charge in [0.05, 0.1) is 6.04 Å². The largest absolute Gasteiger partial charge is 0.383 e. The van der Waals surface area contributed by atoms with Crippen LogP contribution in [-0.2, 0) is 9.84 Å². The van der Waals surface area contributed by atoms with E-state index in [2.05, 4.69) is 12.0 Å². The van der Waals surface area contributed by atoms with E-state index in [0.29, 0.717) is 24.8 Å². The quantitative estimate of drug-likeness (QED) is 0.864. The minimum absolute atomic E-state index is 0.153. The van der Waals surface area contributed by atoms with Crippen LogP contribution in [0.15, 0.2) is 4.90 Å². The van der Waals surface area contributed by atoms with Gasteiger partial charge in [-0.25, -0.2) is 13.1 Å². The lowest BCUT2D eigenvalue weighted by atomic mass is 10.2. The molecule has 1 heterocycles. The number of hydrogen-bond donors (Lipinski definition) is 1. The first kappa shape index (κ1) is 15.2. The lowest BCUT2D eigenvalue weighted by Gasteiger charge is -2.19. The Kier molecular flexibility index (Phi) is 4.00. The summed E-state index contributed by atoms with van der Waals surface area (Å²) >= 11 is 0. The summed E-state index contributed by atoms with van der Waals surface area (Å²) in [5, 5.41) is 4.52. The van der Waals surface area contributed by atoms with Crippen molar-refractivity contribution < 1.29 is 8.42 Å². The van der Waals surface area contributed by atoms with Crippen LogP contribution in [0.3, 0.4) is 0 Å². The molecule has 114 valence electrons. The zero-order valence-electron chi connectivity index (χ0n) is 12.6. The molecule has 6 nitrogen and oxygen atoms in total. The molecule has 2 N–H and O–H groups in total. The number of hydrogen-bond acceptors (Lipinski definition) is 5. The number of rotatable bonds is 6. The van der Waals surface area contributed by atoms with Gasteiger partial charge in [-0.3, -0.25) is 0 Å². The monoisotopic (exact) mass is 300 g/mol. The lowest BCUT2D eigenvalue weighted by Crippen LogP contribution is -2.24. The van der Waals surface area contributed by atoms with Gasteiger partial charge in [-0.2, -0.15) is 5.10 Å². The second-order valence-corrected chi connectivity index (χ2v) is 7.46. The summed E-state index contributed by atoms with van der Waals surface area (Å²) in [6.07, 6.45) is 3.52. The van der Waals surface area contributed by atoms with Crippen molar-refractivity contribution in [2.24, 2.45) is 5.92 Å². The number of sulfone groups is 1. The van der Waals surface area contributed by atoms with Crippen LogP contribution in [0.25, 0.3) is 0 Å². The van der Waals surface area contributed by atoms with Gasteiger partial charge >= 0.3 is 0 Å². The Morgan fingerprint density at radius 1 is 1.40 bits per heavy atom. The molecule has 20 heavy (non-hydrogen) atoms. The molecule has 1 aliphatic carbocycles. The van der Waals surface area contributed by atoms with Gasteiger partial charge in [-0.1, -0.05) is 0 Å². The van der Waals surface area contributed by atoms with E-state index in [1.807, 2.05) is 18.7 Å². The molecule has 1 aromatic heterocycles. The van der Waals surface area contributed by atoms with Gasteiger partial charge in [0.1, 0.15) is 5.82 Å². The third kappa shape index (κ3) is 2.63. The summed E-state index contributed by atoms with van der Waals surface area (Å²) in [5.74, 6) is 1.32. The highest BCUT2D eigenvalue weighted by Gasteiger charge is 2.34. The second-order valence-electron chi connectivity index (χ2n) is 5.51. The van der Waals surface area contributed by atoms with Gasteiger partial charge in [0.15, 0.2) is 20.6 Å². The number of anilines is 2. The number of nitrogens with two attached hydrogens (primary N) is 1. The predicted molar refractivity (Wildman–Crippen MR) is 80.7 cm³/mol. The first-order valence-corrected chi connectivity index (χ1v) is 9.03. The smallest absolute Gasteiger partial charge is 0.182 e. The molecule has 0 radical (unpaired) electrons. The van der Waals surface area contributed by atoms with Gasteiger partial charge in [0, 0.05) is 19.3 Å². The first-order valence-electron chi connectivity index (χ1n) is 7.14. The highest BCUT2D eigenvalue weighted by atomic mass is 32.2. The van der Waals surface area contributed by atoms with Crippen LogP contribution in [-0.4, -0.2) is 37.5 Å². The van der Waals surface area contributed by atoms with E-state index >= 15 is 0 Å². The Hall–Kier alpha value is -1.24. The molecule has 1 unspecified atom stereocenters. The van der Waals surface area contributed by atoms with Crippen molar-refractivity contribution in [1.29, 1.82) is 0 Å². The molecule has 1 fully saturated rings. The number of nitrogen functional groups attached to an aromatic ring is 1. The fraction of sp³-hybridized carbons (Fsp3) is 0.769. The normalized spacial score (nSPS) is 17.2. The van der Waals surface area contributed by atoms with Crippen molar-refractivity contribution in [2.75, 3.05) is 30.0 Å². The third-order valence-electron chi connectivity index (χ3n) is 4.01. The molecular formula is C13H24N4O2S. The molecule has 0 amide bonds. The fourth-order valence-electron chi connectivity index (χ4n) is 2.59. The van der Waals surface area contributed by atoms with Gasteiger partial charge in [0.25, 0.3) is 0 Å². The zero-order valence-corrected chi connectivity index (χ0v) is 13.4. The molecule has 1 aliphatic rings.